The van der Waals surface area contributed by atoms with Gasteiger partial charge in [-0.05, 0) is 6.92 Å². The van der Waals surface area contributed by atoms with Gasteiger partial charge in [0.05, 0.1) is 6.07 Å². The molecule has 0 aliphatic heterocycles. The molecule has 0 spiro atoms. The molecule has 0 aliphatic carbocycles. The van der Waals surface area contributed by atoms with E-state index < -0.39 is 11.9 Å². The minimum Gasteiger partial charge on any atom is -1.00 e. The van der Waals surface area contributed by atoms with E-state index in [4.69, 9.17) is 10.4 Å². The Balaban J connectivity index is -0.000000180. The molecular weight excluding hydrogens is 133 g/mol. The largest absolute Gasteiger partial charge is 1.00 e. The van der Waals surface area contributed by atoms with Gasteiger partial charge in [0, 0.05) is 0 Å². The zero-order valence-corrected chi connectivity index (χ0v) is 8.00. The van der Waals surface area contributed by atoms with E-state index in [0.29, 0.717) is 0 Å². The molecule has 8 heavy (non-hydrogen) atoms. The first kappa shape index (κ1) is 11.4. The van der Waals surface area contributed by atoms with Crippen LogP contribution in [-0.2, 0) is 4.79 Å². The van der Waals surface area contributed by atoms with Gasteiger partial charge in [-0.2, -0.15) is 5.26 Å². The summed E-state index contributed by atoms with van der Waals surface area (Å²) < 4.78 is 0. The van der Waals surface area contributed by atoms with Crippen molar-refractivity contribution in [3.8, 4) is 6.07 Å². The molecule has 0 saturated heterocycles. The fraction of sp³-hybridized carbons (Fsp3) is 0.500. The van der Waals surface area contributed by atoms with Crippen LogP contribution in [0.15, 0.2) is 0 Å². The molecule has 0 aliphatic rings. The smallest absolute Gasteiger partial charge is 1.00 e. The summed E-state index contributed by atoms with van der Waals surface area (Å²) in [6, 6.07) is 1.56. The van der Waals surface area contributed by atoms with Crippen LogP contribution in [0.3, 0.4) is 0 Å². The van der Waals surface area contributed by atoms with E-state index in [1.165, 1.54) is 6.92 Å². The number of carboxylic acid groups (broad SMARTS) is 1. The molecule has 1 atom stereocenters. The molecule has 0 bridgehead atoms. The summed E-state index contributed by atoms with van der Waals surface area (Å²) in [7, 11) is 0. The minimum absolute atomic E-state index is 0. The van der Waals surface area contributed by atoms with Crippen molar-refractivity contribution in [2.45, 2.75) is 6.92 Å². The van der Waals surface area contributed by atoms with Gasteiger partial charge < -0.3 is 6.53 Å². The maximum absolute atomic E-state index is 9.71. The summed E-state index contributed by atoms with van der Waals surface area (Å²) in [4.78, 5) is 9.71. The molecule has 0 heterocycles. The quantitative estimate of drug-likeness (QED) is 0.404. The van der Waals surface area contributed by atoms with E-state index >= 15 is 0 Å². The molecule has 40 valence electrons. The molecule has 0 radical (unpaired) electrons. The summed E-state index contributed by atoms with van der Waals surface area (Å²) in [6.07, 6.45) is 0. The van der Waals surface area contributed by atoms with Crippen LogP contribution < -0.4 is 51.4 Å². The van der Waals surface area contributed by atoms with Crippen molar-refractivity contribution in [3.63, 3.8) is 0 Å². The summed E-state index contributed by atoms with van der Waals surface area (Å²) in [5.41, 5.74) is 0. The summed E-state index contributed by atoms with van der Waals surface area (Å²) in [5, 5.41) is 15.8. The second-order valence-electron chi connectivity index (χ2n) is 1.19. The summed E-state index contributed by atoms with van der Waals surface area (Å²) >= 11 is 0. The first-order valence-electron chi connectivity index (χ1n) is 1.81. The summed E-state index contributed by atoms with van der Waals surface area (Å²) in [6.45, 7) is 1.34. The van der Waals surface area contributed by atoms with E-state index in [2.05, 4.69) is 0 Å². The number of aliphatic carboxylic acids is 1. The first-order valence-corrected chi connectivity index (χ1v) is 1.81. The van der Waals surface area contributed by atoms with Crippen LogP contribution in [0, 0.1) is 17.2 Å². The normalized spacial score (nSPS) is 10.5. The average molecular weight is 139 g/mol. The SMILES string of the molecule is CC(C#N)C(=O)O.[H-].[K+]. The van der Waals surface area contributed by atoms with Crippen molar-refractivity contribution in [2.75, 3.05) is 0 Å². The Morgan fingerprint density at radius 1 is 2.00 bits per heavy atom. The van der Waals surface area contributed by atoms with E-state index in [1.807, 2.05) is 0 Å². The van der Waals surface area contributed by atoms with Gasteiger partial charge in [-0.15, -0.1) is 0 Å². The van der Waals surface area contributed by atoms with Gasteiger partial charge in [0.25, 0.3) is 0 Å². The topological polar surface area (TPSA) is 61.1 Å². The molecule has 0 aromatic rings. The van der Waals surface area contributed by atoms with Gasteiger partial charge in [-0.3, -0.25) is 4.79 Å². The Morgan fingerprint density at radius 2 is 2.38 bits per heavy atom. The van der Waals surface area contributed by atoms with Gasteiger partial charge >= 0.3 is 57.4 Å². The molecule has 0 aromatic heterocycles. The molecule has 0 amide bonds. The van der Waals surface area contributed by atoms with E-state index in [-0.39, 0.29) is 52.8 Å². The molecule has 3 nitrogen and oxygen atoms in total. The van der Waals surface area contributed by atoms with Crippen LogP contribution in [0.1, 0.15) is 8.35 Å². The fourth-order valence-corrected chi connectivity index (χ4v) is 0.0552. The Kier molecular flexibility index (Phi) is 8.16. The van der Waals surface area contributed by atoms with Crippen LogP contribution in [-0.4, -0.2) is 11.1 Å². The maximum Gasteiger partial charge on any atom is 1.00 e. The van der Waals surface area contributed by atoms with Gasteiger partial charge in [-0.25, -0.2) is 0 Å². The van der Waals surface area contributed by atoms with Gasteiger partial charge in [0.15, 0.2) is 0 Å². The molecule has 1 N–H and O–H groups in total. The second kappa shape index (κ2) is 5.73. The molecule has 0 aromatic carbocycles. The Labute approximate surface area is 91.6 Å². The van der Waals surface area contributed by atoms with Crippen LogP contribution in [0.5, 0.6) is 0 Å². The molecule has 0 rings (SSSR count). The predicted molar refractivity (Wildman–Crippen MR) is 23.5 cm³/mol. The van der Waals surface area contributed by atoms with E-state index in [1.54, 1.807) is 6.07 Å². The van der Waals surface area contributed by atoms with Crippen molar-refractivity contribution in [2.24, 2.45) is 5.92 Å². The molecular formula is C4H6KNO2. The monoisotopic (exact) mass is 139 g/mol. The standard InChI is InChI=1S/C4H5NO2.K.H/c1-3(2-5)4(6)7;;/h3H,1H3,(H,6,7);;/q;+1;-1. The third-order valence-electron chi connectivity index (χ3n) is 0.564. The Morgan fingerprint density at radius 3 is 2.38 bits per heavy atom. The zero-order chi connectivity index (χ0) is 5.86. The van der Waals surface area contributed by atoms with Crippen molar-refractivity contribution in [1.82, 2.24) is 0 Å². The van der Waals surface area contributed by atoms with Gasteiger partial charge in [0.1, 0.15) is 5.92 Å². The Bertz CT molecular complexity index is 122. The average Bonchev–Trinajstić information content (AvgIpc) is 1.65. The predicted octanol–water partition coefficient (Wildman–Crippen LogP) is -2.65. The van der Waals surface area contributed by atoms with Crippen LogP contribution >= 0.6 is 0 Å². The fourth-order valence-electron chi connectivity index (χ4n) is 0.0552. The van der Waals surface area contributed by atoms with Crippen LogP contribution in [0.4, 0.5) is 0 Å². The molecule has 0 fully saturated rings. The minimum atomic E-state index is -1.07. The van der Waals surface area contributed by atoms with Crippen molar-refractivity contribution in [3.05, 3.63) is 0 Å². The van der Waals surface area contributed by atoms with Crippen molar-refractivity contribution < 1.29 is 62.7 Å². The van der Waals surface area contributed by atoms with Crippen LogP contribution in [0.2, 0.25) is 0 Å². The number of nitrogens with zero attached hydrogens (tertiary/aromatic N) is 1. The Hall–Kier alpha value is 0.596. The number of carboxylic acids is 1. The number of nitriles is 1. The van der Waals surface area contributed by atoms with Gasteiger partial charge in [-0.1, -0.05) is 0 Å². The van der Waals surface area contributed by atoms with Crippen LogP contribution in [0.25, 0.3) is 0 Å². The number of hydrogen-bond donors (Lipinski definition) is 1. The van der Waals surface area contributed by atoms with E-state index in [9.17, 15) is 4.79 Å². The molecule has 1 unspecified atom stereocenters. The molecule has 4 heteroatoms. The first-order chi connectivity index (χ1) is 3.18. The number of rotatable bonds is 1. The van der Waals surface area contributed by atoms with Crippen molar-refractivity contribution in [1.29, 1.82) is 5.26 Å². The molecule has 0 saturated carbocycles. The maximum atomic E-state index is 9.71. The van der Waals surface area contributed by atoms with E-state index in [0.717, 1.165) is 0 Å². The third-order valence-corrected chi connectivity index (χ3v) is 0.564. The third kappa shape index (κ3) is 4.75. The number of hydrogen-bond acceptors (Lipinski definition) is 2. The number of carbonyl (C=O) groups is 1. The second-order valence-corrected chi connectivity index (χ2v) is 1.19. The summed E-state index contributed by atoms with van der Waals surface area (Å²) in [5.74, 6) is -1.94. The zero-order valence-electron chi connectivity index (χ0n) is 5.88. The van der Waals surface area contributed by atoms with Gasteiger partial charge in [0.2, 0.25) is 0 Å². The van der Waals surface area contributed by atoms with Crippen molar-refractivity contribution >= 4 is 5.97 Å².